The molecule has 2 aromatic carbocycles. The number of halogens is 1. The average Bonchev–Trinajstić information content (AvgIpc) is 3.02. The maximum Gasteiger partial charge on any atom is 0.325 e. The Hall–Kier alpha value is -2.79. The number of fused-ring (bicyclic) bond motifs is 1. The molecule has 0 aliphatic rings. The summed E-state index contributed by atoms with van der Waals surface area (Å²) in [7, 11) is -2.67. The second-order valence-electron chi connectivity index (χ2n) is 6.03. The second-order valence-corrected chi connectivity index (χ2v) is 9.00. The molecule has 1 heterocycles. The molecule has 8 nitrogen and oxygen atoms in total. The van der Waals surface area contributed by atoms with E-state index in [9.17, 15) is 18.0 Å². The molecule has 0 unspecified atom stereocenters. The lowest BCUT2D eigenvalue weighted by Crippen LogP contribution is -2.22. The van der Waals surface area contributed by atoms with Crippen molar-refractivity contribution in [2.24, 2.45) is 10.1 Å². The molecular weight excluding hydrogens is 450 g/mol. The highest BCUT2D eigenvalue weighted by molar-refractivity contribution is 7.89. The van der Waals surface area contributed by atoms with Crippen molar-refractivity contribution >= 4 is 61.1 Å². The number of carbonyl (C=O) groups excluding carboxylic acids is 2. The van der Waals surface area contributed by atoms with Gasteiger partial charge in [0.15, 0.2) is 4.80 Å². The zero-order valence-corrected chi connectivity index (χ0v) is 18.0. The highest BCUT2D eigenvalue weighted by Crippen LogP contribution is 2.21. The van der Waals surface area contributed by atoms with Crippen molar-refractivity contribution in [2.45, 2.75) is 11.4 Å². The Morgan fingerprint density at radius 3 is 2.67 bits per heavy atom. The summed E-state index contributed by atoms with van der Waals surface area (Å²) in [5.74, 6) is -1.13. The number of esters is 1. The molecule has 0 spiro atoms. The number of rotatable bonds is 5. The van der Waals surface area contributed by atoms with E-state index in [1.54, 1.807) is 24.3 Å². The van der Waals surface area contributed by atoms with Crippen LogP contribution in [0.1, 0.15) is 5.56 Å². The molecular formula is C19H16ClN3O5S2. The van der Waals surface area contributed by atoms with Crippen LogP contribution in [-0.2, 0) is 30.9 Å². The van der Waals surface area contributed by atoms with Gasteiger partial charge in [0.05, 0.1) is 22.2 Å². The fourth-order valence-corrected chi connectivity index (χ4v) is 4.45. The standard InChI is InChI=1S/C19H16ClN3O5S2/c1-28-18(25)11-23-15-8-7-13(30(21,26)27)10-16(15)29-19(23)22-17(24)9-6-12-4-2-3-5-14(12)20/h2-10H,11H2,1H3,(H2,21,26,27). The van der Waals surface area contributed by atoms with Gasteiger partial charge in [-0.25, -0.2) is 13.6 Å². The van der Waals surface area contributed by atoms with Gasteiger partial charge in [0.25, 0.3) is 5.91 Å². The number of carbonyl (C=O) groups is 2. The summed E-state index contributed by atoms with van der Waals surface area (Å²) in [5, 5.41) is 5.67. The van der Waals surface area contributed by atoms with Crippen LogP contribution in [0, 0.1) is 0 Å². The molecule has 11 heteroatoms. The molecule has 0 saturated carbocycles. The van der Waals surface area contributed by atoms with Gasteiger partial charge in [-0.15, -0.1) is 0 Å². The molecule has 0 radical (unpaired) electrons. The Labute approximate surface area is 180 Å². The van der Waals surface area contributed by atoms with Crippen LogP contribution >= 0.6 is 22.9 Å². The van der Waals surface area contributed by atoms with E-state index in [-0.39, 0.29) is 16.2 Å². The van der Waals surface area contributed by atoms with Gasteiger partial charge in [0.1, 0.15) is 6.54 Å². The lowest BCUT2D eigenvalue weighted by atomic mass is 10.2. The zero-order chi connectivity index (χ0) is 21.9. The lowest BCUT2D eigenvalue weighted by Gasteiger charge is -2.04. The van der Waals surface area contributed by atoms with Gasteiger partial charge in [0, 0.05) is 11.1 Å². The van der Waals surface area contributed by atoms with E-state index in [1.165, 1.54) is 42.0 Å². The number of aromatic nitrogens is 1. The minimum Gasteiger partial charge on any atom is -0.468 e. The topological polar surface area (TPSA) is 121 Å². The Kier molecular flexibility index (Phi) is 6.52. The van der Waals surface area contributed by atoms with E-state index in [4.69, 9.17) is 21.5 Å². The molecule has 0 atom stereocenters. The number of sulfonamides is 1. The van der Waals surface area contributed by atoms with Crippen LogP contribution in [-0.4, -0.2) is 32.0 Å². The first-order valence-electron chi connectivity index (χ1n) is 8.43. The molecule has 0 fully saturated rings. The van der Waals surface area contributed by atoms with E-state index in [0.717, 1.165) is 11.3 Å². The first kappa shape index (κ1) is 21.9. The number of ether oxygens (including phenoxy) is 1. The average molecular weight is 466 g/mol. The molecule has 30 heavy (non-hydrogen) atoms. The Morgan fingerprint density at radius 1 is 1.27 bits per heavy atom. The molecule has 1 aromatic heterocycles. The molecule has 3 aromatic rings. The molecule has 0 saturated heterocycles. The number of nitrogens with two attached hydrogens (primary N) is 1. The summed E-state index contributed by atoms with van der Waals surface area (Å²) in [4.78, 5) is 28.4. The Morgan fingerprint density at radius 2 is 2.00 bits per heavy atom. The van der Waals surface area contributed by atoms with Gasteiger partial charge < -0.3 is 9.30 Å². The minimum atomic E-state index is -3.91. The first-order valence-corrected chi connectivity index (χ1v) is 11.2. The van der Waals surface area contributed by atoms with Crippen LogP contribution in [0.25, 0.3) is 16.3 Å². The van der Waals surface area contributed by atoms with E-state index >= 15 is 0 Å². The smallest absolute Gasteiger partial charge is 0.325 e. The monoisotopic (exact) mass is 465 g/mol. The number of nitrogens with zero attached hydrogens (tertiary/aromatic N) is 2. The maximum absolute atomic E-state index is 12.4. The maximum atomic E-state index is 12.4. The molecule has 0 aliphatic carbocycles. The summed E-state index contributed by atoms with van der Waals surface area (Å²) >= 11 is 7.11. The SMILES string of the molecule is COC(=O)Cn1c(=NC(=O)C=Cc2ccccc2Cl)sc2cc(S(N)(=O)=O)ccc21. The Bertz CT molecular complexity index is 1340. The van der Waals surface area contributed by atoms with Gasteiger partial charge >= 0.3 is 5.97 Å². The van der Waals surface area contributed by atoms with Gasteiger partial charge in [-0.05, 0) is 35.9 Å². The molecule has 3 rings (SSSR count). The van der Waals surface area contributed by atoms with Gasteiger partial charge in [-0.3, -0.25) is 9.59 Å². The number of hydrogen-bond acceptors (Lipinski definition) is 6. The fourth-order valence-electron chi connectivity index (χ4n) is 2.57. The summed E-state index contributed by atoms with van der Waals surface area (Å²) in [5.41, 5.74) is 1.17. The van der Waals surface area contributed by atoms with Crippen LogP contribution in [0.2, 0.25) is 5.02 Å². The third kappa shape index (κ3) is 5.03. The van der Waals surface area contributed by atoms with Crippen molar-refractivity contribution in [1.82, 2.24) is 4.57 Å². The number of amides is 1. The van der Waals surface area contributed by atoms with Crippen LogP contribution in [0.5, 0.6) is 0 Å². The van der Waals surface area contributed by atoms with E-state index in [0.29, 0.717) is 20.8 Å². The summed E-state index contributed by atoms with van der Waals surface area (Å²) in [6, 6.07) is 11.2. The van der Waals surface area contributed by atoms with Crippen molar-refractivity contribution in [1.29, 1.82) is 0 Å². The van der Waals surface area contributed by atoms with Crippen LogP contribution in [0.15, 0.2) is 58.4 Å². The summed E-state index contributed by atoms with van der Waals surface area (Å²) < 4.78 is 29.9. The normalized spacial score (nSPS) is 12.6. The van der Waals surface area contributed by atoms with Crippen molar-refractivity contribution in [3.8, 4) is 0 Å². The minimum absolute atomic E-state index is 0.0852. The zero-order valence-electron chi connectivity index (χ0n) is 15.6. The third-order valence-corrected chi connectivity index (χ3v) is 6.31. The second kappa shape index (κ2) is 8.92. The molecule has 2 N–H and O–H groups in total. The summed E-state index contributed by atoms with van der Waals surface area (Å²) in [6.07, 6.45) is 2.79. The molecule has 1 amide bonds. The van der Waals surface area contributed by atoms with Crippen LogP contribution in [0.3, 0.4) is 0 Å². The number of primary sulfonamides is 1. The van der Waals surface area contributed by atoms with Crippen molar-refractivity contribution in [2.75, 3.05) is 7.11 Å². The molecule has 156 valence electrons. The summed E-state index contributed by atoms with van der Waals surface area (Å²) in [6.45, 7) is -0.203. The largest absolute Gasteiger partial charge is 0.468 e. The van der Waals surface area contributed by atoms with Gasteiger partial charge in [-0.2, -0.15) is 4.99 Å². The molecule has 0 aliphatic heterocycles. The van der Waals surface area contributed by atoms with Crippen molar-refractivity contribution < 1.29 is 22.7 Å². The van der Waals surface area contributed by atoms with Gasteiger partial charge in [0.2, 0.25) is 10.0 Å². The predicted octanol–water partition coefficient (Wildman–Crippen LogP) is 2.32. The highest BCUT2D eigenvalue weighted by Gasteiger charge is 2.15. The first-order chi connectivity index (χ1) is 14.2. The van der Waals surface area contributed by atoms with Crippen LogP contribution < -0.4 is 9.94 Å². The van der Waals surface area contributed by atoms with Crippen molar-refractivity contribution in [3.05, 3.63) is 63.9 Å². The number of thiazole rings is 1. The van der Waals surface area contributed by atoms with E-state index in [2.05, 4.69) is 4.99 Å². The quantitative estimate of drug-likeness (QED) is 0.457. The third-order valence-electron chi connectivity index (χ3n) is 4.01. The number of hydrogen-bond donors (Lipinski definition) is 1. The van der Waals surface area contributed by atoms with Crippen LogP contribution in [0.4, 0.5) is 0 Å². The van der Waals surface area contributed by atoms with E-state index < -0.39 is 21.9 Å². The Balaban J connectivity index is 2.08. The molecule has 0 bridgehead atoms. The lowest BCUT2D eigenvalue weighted by molar-refractivity contribution is -0.141. The van der Waals surface area contributed by atoms with E-state index in [1.807, 2.05) is 0 Å². The predicted molar refractivity (Wildman–Crippen MR) is 114 cm³/mol. The van der Waals surface area contributed by atoms with Crippen molar-refractivity contribution in [3.63, 3.8) is 0 Å². The van der Waals surface area contributed by atoms with Gasteiger partial charge in [-0.1, -0.05) is 41.1 Å². The number of benzene rings is 2. The highest BCUT2D eigenvalue weighted by atomic mass is 35.5. The fraction of sp³-hybridized carbons (Fsp3) is 0.105. The number of methoxy groups -OCH3 is 1.